The molecule has 0 saturated carbocycles. The maximum absolute atomic E-state index is 13.3. The number of halogens is 1. The molecule has 0 bridgehead atoms. The van der Waals surface area contributed by atoms with E-state index in [1.54, 1.807) is 24.5 Å². The van der Waals surface area contributed by atoms with Crippen LogP contribution in [-0.4, -0.2) is 23.7 Å². The van der Waals surface area contributed by atoms with Gasteiger partial charge in [-0.05, 0) is 61.2 Å². The standard InChI is InChI=1S/C20H22FN3O2/c1-14(25)26-13-3-2-4-18-23-19(15-5-7-17(21)8-6-15)20(24-18)16-9-11-22-12-10-16/h5-12,18,23-24H,2-4,13H2,1H3. The number of hydrogen-bond donors (Lipinski definition) is 2. The lowest BCUT2D eigenvalue weighted by molar-refractivity contribution is -0.141. The number of nitrogens with one attached hydrogen (secondary N) is 2. The number of carbonyl (C=O) groups is 1. The maximum Gasteiger partial charge on any atom is 0.302 e. The highest BCUT2D eigenvalue weighted by Gasteiger charge is 2.24. The van der Waals surface area contributed by atoms with Crippen LogP contribution in [0.2, 0.25) is 0 Å². The predicted octanol–water partition coefficient (Wildman–Crippen LogP) is 3.30. The molecule has 2 N–H and O–H groups in total. The molecule has 6 heteroatoms. The summed E-state index contributed by atoms with van der Waals surface area (Å²) in [6.45, 7) is 1.86. The van der Waals surface area contributed by atoms with Crippen molar-refractivity contribution in [2.24, 2.45) is 0 Å². The quantitative estimate of drug-likeness (QED) is 0.589. The SMILES string of the molecule is CC(=O)OCCCCC1NC(c2ccncc2)=C(c2ccc(F)cc2)N1. The van der Waals surface area contributed by atoms with Gasteiger partial charge in [-0.1, -0.05) is 0 Å². The zero-order chi connectivity index (χ0) is 18.4. The van der Waals surface area contributed by atoms with Crippen molar-refractivity contribution in [2.75, 3.05) is 6.61 Å². The number of pyridine rings is 1. The molecule has 0 aliphatic carbocycles. The number of hydrogen-bond acceptors (Lipinski definition) is 5. The molecular weight excluding hydrogens is 333 g/mol. The molecule has 0 amide bonds. The van der Waals surface area contributed by atoms with Crippen LogP contribution in [0.4, 0.5) is 4.39 Å². The van der Waals surface area contributed by atoms with E-state index in [9.17, 15) is 9.18 Å². The maximum atomic E-state index is 13.3. The van der Waals surface area contributed by atoms with E-state index in [0.717, 1.165) is 41.8 Å². The number of benzene rings is 1. The second-order valence-electron chi connectivity index (χ2n) is 6.17. The Balaban J connectivity index is 1.70. The van der Waals surface area contributed by atoms with Crippen molar-refractivity contribution in [1.29, 1.82) is 0 Å². The Morgan fingerprint density at radius 2 is 1.65 bits per heavy atom. The molecule has 3 rings (SSSR count). The summed E-state index contributed by atoms with van der Waals surface area (Å²) in [6, 6.07) is 10.3. The van der Waals surface area contributed by atoms with Gasteiger partial charge in [0.25, 0.3) is 0 Å². The third-order valence-corrected chi connectivity index (χ3v) is 4.18. The monoisotopic (exact) mass is 355 g/mol. The van der Waals surface area contributed by atoms with Crippen LogP contribution >= 0.6 is 0 Å². The molecular formula is C20H22FN3O2. The molecule has 1 aliphatic heterocycles. The Hall–Kier alpha value is -2.89. The van der Waals surface area contributed by atoms with E-state index in [4.69, 9.17) is 4.74 Å². The van der Waals surface area contributed by atoms with E-state index >= 15 is 0 Å². The van der Waals surface area contributed by atoms with Crippen LogP contribution < -0.4 is 10.6 Å². The average Bonchev–Trinajstić information content (AvgIpc) is 3.07. The lowest BCUT2D eigenvalue weighted by Gasteiger charge is -2.14. The van der Waals surface area contributed by atoms with Crippen LogP contribution in [0.15, 0.2) is 48.8 Å². The Morgan fingerprint density at radius 3 is 2.27 bits per heavy atom. The predicted molar refractivity (Wildman–Crippen MR) is 98.0 cm³/mol. The molecule has 136 valence electrons. The molecule has 5 nitrogen and oxygen atoms in total. The molecule has 0 spiro atoms. The minimum Gasteiger partial charge on any atom is -0.466 e. The number of nitrogens with zero attached hydrogens (tertiary/aromatic N) is 1. The van der Waals surface area contributed by atoms with Gasteiger partial charge < -0.3 is 15.4 Å². The van der Waals surface area contributed by atoms with Crippen LogP contribution in [0.25, 0.3) is 11.4 Å². The lowest BCUT2D eigenvalue weighted by Crippen LogP contribution is -2.32. The van der Waals surface area contributed by atoms with Crippen molar-refractivity contribution in [3.63, 3.8) is 0 Å². The second kappa shape index (κ2) is 8.47. The number of carbonyl (C=O) groups excluding carboxylic acids is 1. The fourth-order valence-electron chi connectivity index (χ4n) is 2.93. The van der Waals surface area contributed by atoms with Crippen LogP contribution in [0.1, 0.15) is 37.3 Å². The van der Waals surface area contributed by atoms with Crippen molar-refractivity contribution in [3.8, 4) is 0 Å². The number of rotatable bonds is 7. The van der Waals surface area contributed by atoms with Crippen molar-refractivity contribution >= 4 is 17.4 Å². The first-order chi connectivity index (χ1) is 12.6. The molecule has 1 unspecified atom stereocenters. The Morgan fingerprint density at radius 1 is 1.04 bits per heavy atom. The summed E-state index contributed by atoms with van der Waals surface area (Å²) in [5, 5.41) is 7.00. The highest BCUT2D eigenvalue weighted by atomic mass is 19.1. The van der Waals surface area contributed by atoms with Gasteiger partial charge in [0.15, 0.2) is 0 Å². The first-order valence-corrected chi connectivity index (χ1v) is 8.70. The number of unbranched alkanes of at least 4 members (excludes halogenated alkanes) is 1. The normalized spacial score (nSPS) is 16.2. The average molecular weight is 355 g/mol. The largest absolute Gasteiger partial charge is 0.466 e. The summed E-state index contributed by atoms with van der Waals surface area (Å²) < 4.78 is 18.2. The third kappa shape index (κ3) is 4.59. The molecule has 0 radical (unpaired) electrons. The Kier molecular flexibility index (Phi) is 5.84. The van der Waals surface area contributed by atoms with E-state index in [1.165, 1.54) is 19.1 Å². The van der Waals surface area contributed by atoms with E-state index in [-0.39, 0.29) is 18.0 Å². The van der Waals surface area contributed by atoms with Gasteiger partial charge in [0.2, 0.25) is 0 Å². The van der Waals surface area contributed by atoms with Gasteiger partial charge in [0.1, 0.15) is 5.82 Å². The molecule has 0 fully saturated rings. The highest BCUT2D eigenvalue weighted by Crippen LogP contribution is 2.28. The van der Waals surface area contributed by atoms with E-state index in [1.807, 2.05) is 12.1 Å². The highest BCUT2D eigenvalue weighted by molar-refractivity contribution is 5.91. The van der Waals surface area contributed by atoms with Crippen molar-refractivity contribution in [2.45, 2.75) is 32.4 Å². The zero-order valence-corrected chi connectivity index (χ0v) is 14.7. The first kappa shape index (κ1) is 17.9. The van der Waals surface area contributed by atoms with Crippen molar-refractivity contribution < 1.29 is 13.9 Å². The van der Waals surface area contributed by atoms with Crippen molar-refractivity contribution in [3.05, 3.63) is 65.7 Å². The van der Waals surface area contributed by atoms with Crippen LogP contribution in [0.3, 0.4) is 0 Å². The first-order valence-electron chi connectivity index (χ1n) is 8.70. The van der Waals surface area contributed by atoms with Crippen LogP contribution in [0, 0.1) is 5.82 Å². The Labute approximate surface area is 152 Å². The molecule has 26 heavy (non-hydrogen) atoms. The second-order valence-corrected chi connectivity index (χ2v) is 6.17. The minimum absolute atomic E-state index is 0.0653. The van der Waals surface area contributed by atoms with Crippen molar-refractivity contribution in [1.82, 2.24) is 15.6 Å². The topological polar surface area (TPSA) is 63.2 Å². The molecule has 1 aromatic heterocycles. The summed E-state index contributed by atoms with van der Waals surface area (Å²) in [5.41, 5.74) is 3.87. The summed E-state index contributed by atoms with van der Waals surface area (Å²) in [6.07, 6.45) is 6.17. The van der Waals surface area contributed by atoms with Crippen LogP contribution in [-0.2, 0) is 9.53 Å². The zero-order valence-electron chi connectivity index (χ0n) is 14.7. The van der Waals surface area contributed by atoms with E-state index in [2.05, 4.69) is 15.6 Å². The molecule has 2 aromatic rings. The molecule has 1 atom stereocenters. The summed E-state index contributed by atoms with van der Waals surface area (Å²) in [5.74, 6) is -0.504. The van der Waals surface area contributed by atoms with Gasteiger partial charge in [-0.15, -0.1) is 0 Å². The fourth-order valence-corrected chi connectivity index (χ4v) is 2.93. The van der Waals surface area contributed by atoms with Gasteiger partial charge in [-0.2, -0.15) is 0 Å². The van der Waals surface area contributed by atoms with Gasteiger partial charge >= 0.3 is 5.97 Å². The van der Waals surface area contributed by atoms with Gasteiger partial charge in [-0.3, -0.25) is 9.78 Å². The minimum atomic E-state index is -0.257. The van der Waals surface area contributed by atoms with Gasteiger partial charge in [0, 0.05) is 24.9 Å². The van der Waals surface area contributed by atoms with Gasteiger partial charge in [0.05, 0.1) is 24.2 Å². The molecule has 1 aromatic carbocycles. The molecule has 0 saturated heterocycles. The number of aromatic nitrogens is 1. The smallest absolute Gasteiger partial charge is 0.302 e. The fraction of sp³-hybridized carbons (Fsp3) is 0.300. The summed E-state index contributed by atoms with van der Waals surface area (Å²) in [4.78, 5) is 14.9. The number of ether oxygens (including phenoxy) is 1. The molecule has 1 aliphatic rings. The third-order valence-electron chi connectivity index (χ3n) is 4.18. The van der Waals surface area contributed by atoms with Gasteiger partial charge in [-0.25, -0.2) is 4.39 Å². The van der Waals surface area contributed by atoms with Crippen LogP contribution in [0.5, 0.6) is 0 Å². The lowest BCUT2D eigenvalue weighted by atomic mass is 10.1. The Bertz CT molecular complexity index is 775. The van der Waals surface area contributed by atoms with E-state index < -0.39 is 0 Å². The number of esters is 1. The van der Waals surface area contributed by atoms with E-state index in [0.29, 0.717) is 6.61 Å². The summed E-state index contributed by atoms with van der Waals surface area (Å²) >= 11 is 0. The summed E-state index contributed by atoms with van der Waals surface area (Å²) in [7, 11) is 0. The molecule has 2 heterocycles.